The van der Waals surface area contributed by atoms with Crippen molar-refractivity contribution < 1.29 is 4.79 Å². The molecule has 0 aliphatic heterocycles. The Hall–Kier alpha value is -2.35. The summed E-state index contributed by atoms with van der Waals surface area (Å²) in [5.74, 6) is 0. The van der Waals surface area contributed by atoms with Gasteiger partial charge >= 0.3 is 0 Å². The molecular weight excluding hydrogens is 282 g/mol. The van der Waals surface area contributed by atoms with Gasteiger partial charge in [0.2, 0.25) is 0 Å². The molecule has 0 N–H and O–H groups in total. The summed E-state index contributed by atoms with van der Waals surface area (Å²) >= 11 is 0. The summed E-state index contributed by atoms with van der Waals surface area (Å²) in [6.07, 6.45) is 5.29. The fourth-order valence-corrected chi connectivity index (χ4v) is 3.26. The van der Waals surface area contributed by atoms with Gasteiger partial charge in [0.05, 0.1) is 0 Å². The number of rotatable bonds is 6. The van der Waals surface area contributed by atoms with E-state index in [0.29, 0.717) is 0 Å². The lowest BCUT2D eigenvalue weighted by atomic mass is 9.95. The Kier molecular flexibility index (Phi) is 5.25. The van der Waals surface area contributed by atoms with Crippen LogP contribution < -0.4 is 0 Å². The average molecular weight is 305 g/mol. The van der Waals surface area contributed by atoms with Crippen LogP contribution in [0, 0.1) is 0 Å². The Morgan fingerprint density at radius 2 is 1.30 bits per heavy atom. The zero-order valence-corrected chi connectivity index (χ0v) is 13.4. The van der Waals surface area contributed by atoms with Crippen LogP contribution >= 0.6 is 0 Å². The van der Waals surface area contributed by atoms with Gasteiger partial charge in [-0.2, -0.15) is 0 Å². The van der Waals surface area contributed by atoms with Crippen LogP contribution in [0.1, 0.15) is 36.8 Å². The van der Waals surface area contributed by atoms with Gasteiger partial charge in [-0.15, -0.1) is 0 Å². The molecule has 0 heterocycles. The molecule has 3 rings (SSSR count). The number of carbonyl (C=O) groups is 1. The van der Waals surface area contributed by atoms with Crippen molar-refractivity contribution in [2.45, 2.75) is 38.8 Å². The molecule has 0 saturated heterocycles. The number of carbonyl (C=O) groups excluding carboxylic acids is 1. The zero-order chi connectivity index (χ0) is 15.9. The maximum atomic E-state index is 11.5. The number of aldehydes is 1. The molecule has 0 bridgehead atoms. The molecule has 2 nitrogen and oxygen atoms in total. The van der Waals surface area contributed by atoms with Crippen molar-refractivity contribution >= 4 is 6.29 Å². The smallest absolute Gasteiger partial charge is 0.147 e. The summed E-state index contributed by atoms with van der Waals surface area (Å²) in [5, 5.41) is 0. The topological polar surface area (TPSA) is 20.3 Å². The molecule has 0 atom stereocenters. The summed E-state index contributed by atoms with van der Waals surface area (Å²) in [6, 6.07) is 21.0. The Morgan fingerprint density at radius 3 is 1.83 bits per heavy atom. The van der Waals surface area contributed by atoms with Crippen LogP contribution in [0.25, 0.3) is 0 Å². The maximum absolute atomic E-state index is 11.5. The van der Waals surface area contributed by atoms with Gasteiger partial charge in [-0.1, -0.05) is 60.7 Å². The van der Waals surface area contributed by atoms with E-state index >= 15 is 0 Å². The normalized spacial score (nSPS) is 14.6. The van der Waals surface area contributed by atoms with Crippen molar-refractivity contribution in [3.8, 4) is 0 Å². The molecule has 0 saturated carbocycles. The van der Waals surface area contributed by atoms with Crippen LogP contribution in [-0.2, 0) is 17.9 Å². The highest BCUT2D eigenvalue weighted by atomic mass is 16.1. The van der Waals surface area contributed by atoms with Gasteiger partial charge in [-0.3, -0.25) is 4.79 Å². The van der Waals surface area contributed by atoms with Gasteiger partial charge in [0.15, 0.2) is 0 Å². The standard InChI is InChI=1S/C21H23NO/c23-17-20-13-7-8-14-21(20)22(15-18-9-3-1-4-10-18)16-19-11-5-2-6-12-19/h1-6,9-12,17H,7-8,13-16H2. The largest absolute Gasteiger partial charge is 0.366 e. The molecule has 0 fully saturated rings. The highest BCUT2D eigenvalue weighted by Gasteiger charge is 2.18. The molecule has 0 amide bonds. The maximum Gasteiger partial charge on any atom is 0.147 e. The number of benzene rings is 2. The van der Waals surface area contributed by atoms with Crippen molar-refractivity contribution in [1.29, 1.82) is 0 Å². The lowest BCUT2D eigenvalue weighted by Gasteiger charge is -2.31. The monoisotopic (exact) mass is 305 g/mol. The minimum absolute atomic E-state index is 0.850. The second kappa shape index (κ2) is 7.77. The highest BCUT2D eigenvalue weighted by Crippen LogP contribution is 2.28. The molecule has 0 spiro atoms. The number of hydrogen-bond donors (Lipinski definition) is 0. The number of allylic oxidation sites excluding steroid dienone is 2. The SMILES string of the molecule is O=CC1=C(N(Cc2ccccc2)Cc2ccccc2)CCCC1. The Labute approximate surface area is 138 Å². The van der Waals surface area contributed by atoms with E-state index in [1.54, 1.807) is 0 Å². The molecule has 1 aliphatic rings. The molecule has 2 heteroatoms. The van der Waals surface area contributed by atoms with Crippen molar-refractivity contribution in [2.24, 2.45) is 0 Å². The van der Waals surface area contributed by atoms with Crippen molar-refractivity contribution in [1.82, 2.24) is 4.90 Å². The number of nitrogens with zero attached hydrogens (tertiary/aromatic N) is 1. The molecule has 1 aliphatic carbocycles. The van der Waals surface area contributed by atoms with Crippen LogP contribution in [0.15, 0.2) is 71.9 Å². The second-order valence-corrected chi connectivity index (χ2v) is 6.12. The van der Waals surface area contributed by atoms with E-state index in [-0.39, 0.29) is 0 Å². The predicted molar refractivity (Wildman–Crippen MR) is 93.7 cm³/mol. The van der Waals surface area contributed by atoms with E-state index in [9.17, 15) is 4.79 Å². The fraction of sp³-hybridized carbons (Fsp3) is 0.286. The zero-order valence-electron chi connectivity index (χ0n) is 13.4. The third kappa shape index (κ3) is 4.10. The Balaban J connectivity index is 1.89. The van der Waals surface area contributed by atoms with E-state index in [4.69, 9.17) is 0 Å². The second-order valence-electron chi connectivity index (χ2n) is 6.12. The van der Waals surface area contributed by atoms with E-state index in [1.165, 1.54) is 23.2 Å². The van der Waals surface area contributed by atoms with Gasteiger partial charge in [0.1, 0.15) is 6.29 Å². The molecule has 0 radical (unpaired) electrons. The lowest BCUT2D eigenvalue weighted by molar-refractivity contribution is -0.105. The van der Waals surface area contributed by atoms with Gasteiger partial charge in [-0.25, -0.2) is 0 Å². The van der Waals surface area contributed by atoms with Gasteiger partial charge in [0.25, 0.3) is 0 Å². The summed E-state index contributed by atoms with van der Waals surface area (Å²) in [7, 11) is 0. The summed E-state index contributed by atoms with van der Waals surface area (Å²) in [4.78, 5) is 13.9. The van der Waals surface area contributed by atoms with E-state index in [2.05, 4.69) is 53.4 Å². The molecule has 118 valence electrons. The van der Waals surface area contributed by atoms with E-state index < -0.39 is 0 Å². The molecule has 23 heavy (non-hydrogen) atoms. The summed E-state index contributed by atoms with van der Waals surface area (Å²) < 4.78 is 0. The lowest BCUT2D eigenvalue weighted by Crippen LogP contribution is -2.25. The highest BCUT2D eigenvalue weighted by molar-refractivity contribution is 5.74. The molecule has 0 aromatic heterocycles. The first kappa shape index (κ1) is 15.5. The van der Waals surface area contributed by atoms with Gasteiger partial charge in [0, 0.05) is 24.4 Å². The van der Waals surface area contributed by atoms with Gasteiger partial charge < -0.3 is 4.90 Å². The van der Waals surface area contributed by atoms with Crippen LogP contribution in [0.5, 0.6) is 0 Å². The van der Waals surface area contributed by atoms with E-state index in [1.807, 2.05) is 12.1 Å². The van der Waals surface area contributed by atoms with Crippen LogP contribution in [-0.4, -0.2) is 11.2 Å². The third-order valence-electron chi connectivity index (χ3n) is 4.44. The minimum Gasteiger partial charge on any atom is -0.366 e. The molecule has 2 aromatic carbocycles. The Bertz CT molecular complexity index is 619. The first-order valence-electron chi connectivity index (χ1n) is 8.37. The fourth-order valence-electron chi connectivity index (χ4n) is 3.26. The van der Waals surface area contributed by atoms with Crippen molar-refractivity contribution in [2.75, 3.05) is 0 Å². The quantitative estimate of drug-likeness (QED) is 0.720. The third-order valence-corrected chi connectivity index (χ3v) is 4.44. The number of hydrogen-bond acceptors (Lipinski definition) is 2. The van der Waals surface area contributed by atoms with Crippen LogP contribution in [0.4, 0.5) is 0 Å². The van der Waals surface area contributed by atoms with Crippen molar-refractivity contribution in [3.63, 3.8) is 0 Å². The predicted octanol–water partition coefficient (Wildman–Crippen LogP) is 4.72. The summed E-state index contributed by atoms with van der Waals surface area (Å²) in [6.45, 7) is 1.70. The minimum atomic E-state index is 0.850. The first-order chi connectivity index (χ1) is 11.4. The molecule has 0 unspecified atom stereocenters. The van der Waals surface area contributed by atoms with Gasteiger partial charge in [-0.05, 0) is 36.8 Å². The molecule has 2 aromatic rings. The average Bonchev–Trinajstić information content (AvgIpc) is 2.63. The first-order valence-corrected chi connectivity index (χ1v) is 8.37. The van der Waals surface area contributed by atoms with E-state index in [0.717, 1.165) is 44.2 Å². The molecular formula is C21H23NO. The summed E-state index contributed by atoms with van der Waals surface area (Å²) in [5.41, 5.74) is 4.79. The van der Waals surface area contributed by atoms with Crippen LogP contribution in [0.3, 0.4) is 0 Å². The van der Waals surface area contributed by atoms with Crippen LogP contribution in [0.2, 0.25) is 0 Å². The Morgan fingerprint density at radius 1 is 0.783 bits per heavy atom. The van der Waals surface area contributed by atoms with Crippen molar-refractivity contribution in [3.05, 3.63) is 83.1 Å².